The number of sulfonamides is 1. The molecule has 0 radical (unpaired) electrons. The number of hydrogen-bond donors (Lipinski definition) is 3. The molecule has 2 rings (SSSR count). The Morgan fingerprint density at radius 2 is 1.54 bits per heavy atom. The molecule has 7 heteroatoms. The Hall–Kier alpha value is -2.22. The molecule has 6 nitrogen and oxygen atoms in total. The molecule has 1 amide bonds. The Bertz CT molecular complexity index is 811. The standard InChI is InChI=1S/C21H29N3O3S/c22-14-16-28(26,27)24-20(17-19-12-5-2-6-13-19)21(25)23-15-8-7-11-18-9-3-1-4-10-18/h1-6,9-10,12-13,20,24H,7-8,11,14-17,22H2,(H,23,25). The zero-order valence-corrected chi connectivity index (χ0v) is 16.8. The minimum atomic E-state index is -3.60. The average molecular weight is 404 g/mol. The van der Waals surface area contributed by atoms with Crippen LogP contribution in [0.15, 0.2) is 60.7 Å². The normalized spacial score (nSPS) is 12.5. The maximum absolute atomic E-state index is 12.6. The van der Waals surface area contributed by atoms with Gasteiger partial charge in [-0.3, -0.25) is 4.79 Å². The summed E-state index contributed by atoms with van der Waals surface area (Å²) in [4.78, 5) is 12.6. The van der Waals surface area contributed by atoms with Crippen LogP contribution in [0.25, 0.3) is 0 Å². The van der Waals surface area contributed by atoms with Gasteiger partial charge in [-0.2, -0.15) is 0 Å². The highest BCUT2D eigenvalue weighted by Crippen LogP contribution is 2.06. The van der Waals surface area contributed by atoms with Gasteiger partial charge in [-0.25, -0.2) is 13.1 Å². The topological polar surface area (TPSA) is 101 Å². The van der Waals surface area contributed by atoms with Crippen molar-refractivity contribution < 1.29 is 13.2 Å². The van der Waals surface area contributed by atoms with Gasteiger partial charge in [0, 0.05) is 13.1 Å². The molecule has 0 saturated heterocycles. The zero-order chi connectivity index (χ0) is 20.2. The lowest BCUT2D eigenvalue weighted by atomic mass is 10.1. The third-order valence-electron chi connectivity index (χ3n) is 4.34. The number of nitrogens with one attached hydrogen (secondary N) is 2. The molecule has 0 aliphatic rings. The van der Waals surface area contributed by atoms with Crippen LogP contribution in [0, 0.1) is 0 Å². The lowest BCUT2D eigenvalue weighted by Gasteiger charge is -2.18. The highest BCUT2D eigenvalue weighted by Gasteiger charge is 2.24. The number of benzene rings is 2. The number of nitrogens with two attached hydrogens (primary N) is 1. The van der Waals surface area contributed by atoms with Crippen molar-refractivity contribution in [1.29, 1.82) is 0 Å². The molecule has 28 heavy (non-hydrogen) atoms. The number of amides is 1. The van der Waals surface area contributed by atoms with Gasteiger partial charge in [-0.15, -0.1) is 0 Å². The fraction of sp³-hybridized carbons (Fsp3) is 0.381. The Morgan fingerprint density at radius 1 is 0.929 bits per heavy atom. The van der Waals surface area contributed by atoms with Gasteiger partial charge in [-0.05, 0) is 36.8 Å². The molecule has 2 aromatic rings. The van der Waals surface area contributed by atoms with Crippen molar-refractivity contribution in [2.75, 3.05) is 18.8 Å². The van der Waals surface area contributed by atoms with Crippen molar-refractivity contribution in [3.8, 4) is 0 Å². The molecule has 1 unspecified atom stereocenters. The zero-order valence-electron chi connectivity index (χ0n) is 16.0. The Kier molecular flexibility index (Phi) is 9.13. The molecule has 152 valence electrons. The van der Waals surface area contributed by atoms with E-state index >= 15 is 0 Å². The van der Waals surface area contributed by atoms with Crippen molar-refractivity contribution in [1.82, 2.24) is 10.0 Å². The third kappa shape index (κ3) is 8.21. The number of carbonyl (C=O) groups excluding carboxylic acids is 1. The fourth-order valence-corrected chi connectivity index (χ4v) is 3.95. The van der Waals surface area contributed by atoms with E-state index in [1.54, 1.807) is 0 Å². The number of aryl methyl sites for hydroxylation is 1. The minimum absolute atomic E-state index is 0.00843. The predicted molar refractivity (Wildman–Crippen MR) is 112 cm³/mol. The van der Waals surface area contributed by atoms with Crippen LogP contribution in [0.4, 0.5) is 0 Å². The van der Waals surface area contributed by atoms with Crippen LogP contribution in [0.3, 0.4) is 0 Å². The van der Waals surface area contributed by atoms with Gasteiger partial charge in [0.05, 0.1) is 5.75 Å². The van der Waals surface area contributed by atoms with E-state index in [9.17, 15) is 13.2 Å². The molecular formula is C21H29N3O3S. The van der Waals surface area contributed by atoms with Gasteiger partial charge in [0.15, 0.2) is 0 Å². The van der Waals surface area contributed by atoms with Crippen molar-refractivity contribution >= 4 is 15.9 Å². The van der Waals surface area contributed by atoms with Crippen LogP contribution in [0.1, 0.15) is 24.0 Å². The molecule has 2 aromatic carbocycles. The molecule has 0 spiro atoms. The smallest absolute Gasteiger partial charge is 0.238 e. The molecule has 1 atom stereocenters. The Balaban J connectivity index is 1.86. The average Bonchev–Trinajstić information content (AvgIpc) is 2.68. The van der Waals surface area contributed by atoms with Gasteiger partial charge in [-0.1, -0.05) is 60.7 Å². The second-order valence-corrected chi connectivity index (χ2v) is 8.57. The minimum Gasteiger partial charge on any atom is -0.355 e. The monoisotopic (exact) mass is 403 g/mol. The largest absolute Gasteiger partial charge is 0.355 e. The molecule has 0 bridgehead atoms. The SMILES string of the molecule is NCCS(=O)(=O)NC(Cc1ccccc1)C(=O)NCCCCc1ccccc1. The summed E-state index contributed by atoms with van der Waals surface area (Å²) in [6.07, 6.45) is 3.02. The van der Waals surface area contributed by atoms with E-state index in [0.717, 1.165) is 24.8 Å². The van der Waals surface area contributed by atoms with Crippen LogP contribution in [-0.4, -0.2) is 39.2 Å². The van der Waals surface area contributed by atoms with Gasteiger partial charge in [0.2, 0.25) is 15.9 Å². The molecule has 0 heterocycles. The van der Waals surface area contributed by atoms with Crippen molar-refractivity contribution in [3.63, 3.8) is 0 Å². The van der Waals surface area contributed by atoms with Gasteiger partial charge in [0.25, 0.3) is 0 Å². The first-order chi connectivity index (χ1) is 13.5. The predicted octanol–water partition coefficient (Wildman–Crippen LogP) is 1.61. The first-order valence-electron chi connectivity index (χ1n) is 9.56. The highest BCUT2D eigenvalue weighted by atomic mass is 32.2. The van der Waals surface area contributed by atoms with Crippen LogP contribution < -0.4 is 15.8 Å². The quantitative estimate of drug-likeness (QED) is 0.469. The second-order valence-electron chi connectivity index (χ2n) is 6.70. The van der Waals surface area contributed by atoms with Crippen LogP contribution in [-0.2, 0) is 27.7 Å². The fourth-order valence-electron chi connectivity index (χ4n) is 2.90. The lowest BCUT2D eigenvalue weighted by molar-refractivity contribution is -0.122. The molecule has 0 aliphatic carbocycles. The summed E-state index contributed by atoms with van der Waals surface area (Å²) < 4.78 is 26.7. The number of rotatable bonds is 12. The van der Waals surface area contributed by atoms with Gasteiger partial charge < -0.3 is 11.1 Å². The van der Waals surface area contributed by atoms with Crippen molar-refractivity contribution in [2.24, 2.45) is 5.73 Å². The van der Waals surface area contributed by atoms with E-state index in [4.69, 9.17) is 5.73 Å². The van der Waals surface area contributed by atoms with Crippen molar-refractivity contribution in [3.05, 3.63) is 71.8 Å². The molecular weight excluding hydrogens is 374 g/mol. The molecule has 0 fully saturated rings. The van der Waals surface area contributed by atoms with Crippen LogP contribution in [0.2, 0.25) is 0 Å². The van der Waals surface area contributed by atoms with Crippen molar-refractivity contribution in [2.45, 2.75) is 31.7 Å². The highest BCUT2D eigenvalue weighted by molar-refractivity contribution is 7.89. The van der Waals surface area contributed by atoms with E-state index < -0.39 is 16.1 Å². The van der Waals surface area contributed by atoms with E-state index in [2.05, 4.69) is 22.2 Å². The Morgan fingerprint density at radius 3 is 2.14 bits per heavy atom. The second kappa shape index (κ2) is 11.6. The van der Waals surface area contributed by atoms with E-state index in [0.29, 0.717) is 13.0 Å². The molecule has 4 N–H and O–H groups in total. The molecule has 0 saturated carbocycles. The van der Waals surface area contributed by atoms with E-state index in [1.165, 1.54) is 5.56 Å². The lowest BCUT2D eigenvalue weighted by Crippen LogP contribution is -2.49. The summed E-state index contributed by atoms with van der Waals surface area (Å²) in [5.74, 6) is -0.521. The maximum Gasteiger partial charge on any atom is 0.238 e. The number of hydrogen-bond acceptors (Lipinski definition) is 4. The first-order valence-corrected chi connectivity index (χ1v) is 11.2. The van der Waals surface area contributed by atoms with E-state index in [-0.39, 0.29) is 18.2 Å². The summed E-state index contributed by atoms with van der Waals surface area (Å²) in [7, 11) is -3.60. The summed E-state index contributed by atoms with van der Waals surface area (Å²) in [5.41, 5.74) is 7.52. The summed E-state index contributed by atoms with van der Waals surface area (Å²) in [5, 5.41) is 2.86. The summed E-state index contributed by atoms with van der Waals surface area (Å²) in [6.45, 7) is 0.518. The van der Waals surface area contributed by atoms with Gasteiger partial charge in [0.1, 0.15) is 6.04 Å². The third-order valence-corrected chi connectivity index (χ3v) is 5.76. The molecule has 0 aromatic heterocycles. The first kappa shape index (κ1) is 22.1. The van der Waals surface area contributed by atoms with E-state index in [1.807, 2.05) is 48.5 Å². The van der Waals surface area contributed by atoms with Crippen LogP contribution in [0.5, 0.6) is 0 Å². The van der Waals surface area contributed by atoms with Gasteiger partial charge >= 0.3 is 0 Å². The Labute approximate surface area is 167 Å². The van der Waals surface area contributed by atoms with Crippen LogP contribution >= 0.6 is 0 Å². The maximum atomic E-state index is 12.6. The number of unbranched alkanes of at least 4 members (excludes halogenated alkanes) is 1. The number of carbonyl (C=O) groups is 1. The summed E-state index contributed by atoms with van der Waals surface area (Å²) in [6, 6.07) is 18.7. The molecule has 0 aliphatic heterocycles. The summed E-state index contributed by atoms with van der Waals surface area (Å²) >= 11 is 0.